The molecule has 0 spiro atoms. The molecule has 0 amide bonds. The summed E-state index contributed by atoms with van der Waals surface area (Å²) >= 11 is 1.81. The van der Waals surface area contributed by atoms with Crippen molar-refractivity contribution < 1.29 is 4.52 Å². The van der Waals surface area contributed by atoms with Gasteiger partial charge in [0.05, 0.1) is 6.20 Å². The van der Waals surface area contributed by atoms with Gasteiger partial charge >= 0.3 is 0 Å². The van der Waals surface area contributed by atoms with Gasteiger partial charge in [0.1, 0.15) is 5.76 Å². The van der Waals surface area contributed by atoms with Crippen molar-refractivity contribution in [1.29, 1.82) is 0 Å². The lowest BCUT2D eigenvalue weighted by Gasteiger charge is -2.31. The van der Waals surface area contributed by atoms with E-state index >= 15 is 0 Å². The summed E-state index contributed by atoms with van der Waals surface area (Å²) in [4.78, 5) is 2.50. The molecule has 0 aromatic carbocycles. The Morgan fingerprint density at radius 1 is 1.44 bits per heavy atom. The monoisotopic (exact) mass is 262 g/mol. The highest BCUT2D eigenvalue weighted by molar-refractivity contribution is 7.07. The fourth-order valence-corrected chi connectivity index (χ4v) is 3.39. The van der Waals surface area contributed by atoms with Crippen LogP contribution in [0.25, 0.3) is 0 Å². The van der Waals surface area contributed by atoms with Gasteiger partial charge in [-0.05, 0) is 61.2 Å². The lowest BCUT2D eigenvalue weighted by molar-refractivity contribution is 0.204. The van der Waals surface area contributed by atoms with Crippen molar-refractivity contribution in [2.75, 3.05) is 13.1 Å². The zero-order valence-electron chi connectivity index (χ0n) is 10.6. The SMILES string of the molecule is Cc1oncc1CN1CCC(c2ccsc2)CC1. The van der Waals surface area contributed by atoms with E-state index in [-0.39, 0.29) is 0 Å². The molecule has 2 aromatic heterocycles. The third kappa shape index (κ3) is 2.49. The second kappa shape index (κ2) is 5.24. The second-order valence-electron chi connectivity index (χ2n) is 5.01. The molecule has 0 bridgehead atoms. The molecule has 3 nitrogen and oxygen atoms in total. The maximum Gasteiger partial charge on any atom is 0.138 e. The number of thiophene rings is 1. The maximum atomic E-state index is 5.11. The van der Waals surface area contributed by atoms with Gasteiger partial charge in [-0.15, -0.1) is 0 Å². The molecular weight excluding hydrogens is 244 g/mol. The first kappa shape index (κ1) is 11.9. The summed E-state index contributed by atoms with van der Waals surface area (Å²) in [7, 11) is 0. The van der Waals surface area contributed by atoms with Gasteiger partial charge in [0.25, 0.3) is 0 Å². The lowest BCUT2D eigenvalue weighted by atomic mass is 9.91. The van der Waals surface area contributed by atoms with Crippen LogP contribution < -0.4 is 0 Å². The molecule has 1 aliphatic heterocycles. The highest BCUT2D eigenvalue weighted by Gasteiger charge is 2.21. The van der Waals surface area contributed by atoms with E-state index in [1.807, 2.05) is 13.1 Å². The van der Waals surface area contributed by atoms with Gasteiger partial charge in [-0.25, -0.2) is 0 Å². The number of hydrogen-bond donors (Lipinski definition) is 0. The summed E-state index contributed by atoms with van der Waals surface area (Å²) < 4.78 is 5.11. The molecule has 0 saturated carbocycles. The molecule has 1 aliphatic rings. The van der Waals surface area contributed by atoms with Crippen molar-refractivity contribution in [1.82, 2.24) is 10.1 Å². The topological polar surface area (TPSA) is 29.3 Å². The van der Waals surface area contributed by atoms with Crippen LogP contribution in [0, 0.1) is 6.92 Å². The van der Waals surface area contributed by atoms with Gasteiger partial charge in [0.2, 0.25) is 0 Å². The molecule has 2 aromatic rings. The Morgan fingerprint density at radius 2 is 2.28 bits per heavy atom. The molecule has 1 saturated heterocycles. The van der Waals surface area contributed by atoms with Crippen LogP contribution in [0.2, 0.25) is 0 Å². The van der Waals surface area contributed by atoms with Gasteiger partial charge < -0.3 is 4.52 Å². The molecule has 0 aliphatic carbocycles. The highest BCUT2D eigenvalue weighted by atomic mass is 32.1. The van der Waals surface area contributed by atoms with E-state index in [0.717, 1.165) is 18.2 Å². The van der Waals surface area contributed by atoms with Crippen molar-refractivity contribution >= 4 is 11.3 Å². The molecule has 3 heterocycles. The molecule has 0 atom stereocenters. The second-order valence-corrected chi connectivity index (χ2v) is 5.79. The molecule has 0 radical (unpaired) electrons. The fourth-order valence-electron chi connectivity index (χ4n) is 2.64. The Kier molecular flexibility index (Phi) is 3.48. The van der Waals surface area contributed by atoms with E-state index in [0.29, 0.717) is 0 Å². The first-order chi connectivity index (χ1) is 8.83. The Balaban J connectivity index is 1.56. The zero-order valence-corrected chi connectivity index (χ0v) is 11.4. The van der Waals surface area contributed by atoms with Crippen LogP contribution in [0.1, 0.15) is 35.6 Å². The summed E-state index contributed by atoms with van der Waals surface area (Å²) in [6, 6.07) is 2.27. The number of rotatable bonds is 3. The van der Waals surface area contributed by atoms with Gasteiger partial charge in [-0.1, -0.05) is 5.16 Å². The normalized spacial score (nSPS) is 18.3. The number of likely N-dealkylation sites (tertiary alicyclic amines) is 1. The molecule has 18 heavy (non-hydrogen) atoms. The maximum absolute atomic E-state index is 5.11. The van der Waals surface area contributed by atoms with Crippen molar-refractivity contribution in [2.45, 2.75) is 32.2 Å². The van der Waals surface area contributed by atoms with E-state index in [4.69, 9.17) is 4.52 Å². The van der Waals surface area contributed by atoms with Gasteiger partial charge in [-0.3, -0.25) is 4.90 Å². The summed E-state index contributed by atoms with van der Waals surface area (Å²) in [5.74, 6) is 1.71. The standard InChI is InChI=1S/C14H18N2OS/c1-11-14(8-15-17-11)9-16-5-2-12(3-6-16)13-4-7-18-10-13/h4,7-8,10,12H,2-3,5-6,9H2,1H3. The van der Waals surface area contributed by atoms with E-state index in [1.54, 1.807) is 11.3 Å². The number of aryl methyl sites for hydroxylation is 1. The van der Waals surface area contributed by atoms with Gasteiger partial charge in [0.15, 0.2) is 0 Å². The molecule has 4 heteroatoms. The smallest absolute Gasteiger partial charge is 0.138 e. The molecule has 0 N–H and O–H groups in total. The molecular formula is C14H18N2OS. The minimum absolute atomic E-state index is 0.760. The number of aromatic nitrogens is 1. The van der Waals surface area contributed by atoms with Crippen LogP contribution in [0.3, 0.4) is 0 Å². The Hall–Kier alpha value is -1.13. The number of nitrogens with zero attached hydrogens (tertiary/aromatic N) is 2. The van der Waals surface area contributed by atoms with Crippen molar-refractivity contribution in [3.8, 4) is 0 Å². The summed E-state index contributed by atoms with van der Waals surface area (Å²) in [6.45, 7) is 5.31. The van der Waals surface area contributed by atoms with Crippen LogP contribution in [-0.4, -0.2) is 23.1 Å². The van der Waals surface area contributed by atoms with Crippen LogP contribution in [0.15, 0.2) is 27.5 Å². The average molecular weight is 262 g/mol. The summed E-state index contributed by atoms with van der Waals surface area (Å²) in [6.07, 6.45) is 4.38. The Bertz CT molecular complexity index is 484. The van der Waals surface area contributed by atoms with Crippen molar-refractivity contribution in [2.24, 2.45) is 0 Å². The quantitative estimate of drug-likeness (QED) is 0.848. The van der Waals surface area contributed by atoms with E-state index in [2.05, 4.69) is 26.9 Å². The van der Waals surface area contributed by atoms with Gasteiger partial charge in [0, 0.05) is 12.1 Å². The fraction of sp³-hybridized carbons (Fsp3) is 0.500. The summed E-state index contributed by atoms with van der Waals surface area (Å²) in [5, 5.41) is 8.32. The first-order valence-corrected chi connectivity index (χ1v) is 7.42. The Labute approximate surface area is 111 Å². The predicted molar refractivity (Wildman–Crippen MR) is 72.8 cm³/mol. The minimum atomic E-state index is 0.760. The van der Waals surface area contributed by atoms with Gasteiger partial charge in [-0.2, -0.15) is 11.3 Å². The predicted octanol–water partition coefficient (Wildman–Crippen LogP) is 3.42. The van der Waals surface area contributed by atoms with Crippen LogP contribution in [0.5, 0.6) is 0 Å². The minimum Gasteiger partial charge on any atom is -0.361 e. The summed E-state index contributed by atoms with van der Waals surface area (Å²) in [5.41, 5.74) is 2.75. The molecule has 0 unspecified atom stereocenters. The highest BCUT2D eigenvalue weighted by Crippen LogP contribution is 2.30. The van der Waals surface area contributed by atoms with Crippen molar-refractivity contribution in [3.05, 3.63) is 39.9 Å². The lowest BCUT2D eigenvalue weighted by Crippen LogP contribution is -2.32. The number of hydrogen-bond acceptors (Lipinski definition) is 4. The molecule has 96 valence electrons. The Morgan fingerprint density at radius 3 is 2.89 bits per heavy atom. The van der Waals surface area contributed by atoms with E-state index in [1.165, 1.54) is 37.1 Å². The first-order valence-electron chi connectivity index (χ1n) is 6.47. The van der Waals surface area contributed by atoms with E-state index < -0.39 is 0 Å². The largest absolute Gasteiger partial charge is 0.361 e. The molecule has 3 rings (SSSR count). The third-order valence-electron chi connectivity index (χ3n) is 3.85. The van der Waals surface area contributed by atoms with Crippen LogP contribution in [0.4, 0.5) is 0 Å². The molecule has 1 fully saturated rings. The van der Waals surface area contributed by atoms with Crippen LogP contribution >= 0.6 is 11.3 Å². The van der Waals surface area contributed by atoms with Crippen LogP contribution in [-0.2, 0) is 6.54 Å². The third-order valence-corrected chi connectivity index (χ3v) is 4.55. The average Bonchev–Trinajstić information content (AvgIpc) is 3.03. The van der Waals surface area contributed by atoms with E-state index in [9.17, 15) is 0 Å². The van der Waals surface area contributed by atoms with Crippen molar-refractivity contribution in [3.63, 3.8) is 0 Å². The number of piperidine rings is 1. The zero-order chi connectivity index (χ0) is 12.4.